The molecule has 0 aliphatic carbocycles. The van der Waals surface area contributed by atoms with Crippen LogP contribution in [-0.2, 0) is 14.4 Å². The first-order valence-electron chi connectivity index (χ1n) is 10.5. The van der Waals surface area contributed by atoms with Gasteiger partial charge in [-0.3, -0.25) is 14.4 Å². The number of ether oxygens (including phenoxy) is 3. The fraction of sp³-hybridized carbons (Fsp3) is 0.250. The maximum Gasteiger partial charge on any atom is 0.336 e. The summed E-state index contributed by atoms with van der Waals surface area (Å²) < 4.78 is 21.1. The number of benzene rings is 2. The molecule has 1 aromatic heterocycles. The van der Waals surface area contributed by atoms with Crippen molar-refractivity contribution in [2.24, 2.45) is 0 Å². The third-order valence-electron chi connectivity index (χ3n) is 4.94. The van der Waals surface area contributed by atoms with Gasteiger partial charge in [-0.15, -0.1) is 0 Å². The summed E-state index contributed by atoms with van der Waals surface area (Å²) in [4.78, 5) is 47.1. The van der Waals surface area contributed by atoms with Crippen LogP contribution >= 0.6 is 0 Å². The minimum atomic E-state index is -1.19. The molecule has 35 heavy (non-hydrogen) atoms. The zero-order valence-electron chi connectivity index (χ0n) is 19.0. The number of hydrogen-bond donors (Lipinski definition) is 3. The third-order valence-corrected chi connectivity index (χ3v) is 4.94. The van der Waals surface area contributed by atoms with E-state index in [1.807, 2.05) is 0 Å². The Labute approximate surface area is 199 Å². The van der Waals surface area contributed by atoms with Crippen LogP contribution in [-0.4, -0.2) is 50.3 Å². The highest BCUT2D eigenvalue weighted by atomic mass is 16.5. The summed E-state index contributed by atoms with van der Waals surface area (Å²) in [6, 6.07) is 11.8. The SMILES string of the molecule is COc1ccc([C@@H](CC(=O)NCC(=O)O)NC(=O)COc2ccc3ccc(=O)oc3c2)cc1OC. The highest BCUT2D eigenvalue weighted by Gasteiger charge is 2.21. The van der Waals surface area contributed by atoms with Gasteiger partial charge < -0.3 is 34.4 Å². The lowest BCUT2D eigenvalue weighted by Crippen LogP contribution is -2.37. The topological polar surface area (TPSA) is 153 Å². The van der Waals surface area contributed by atoms with Gasteiger partial charge in [0.25, 0.3) is 5.91 Å². The Morgan fingerprint density at radius 1 is 0.971 bits per heavy atom. The van der Waals surface area contributed by atoms with E-state index in [-0.39, 0.29) is 13.0 Å². The van der Waals surface area contributed by atoms with E-state index >= 15 is 0 Å². The molecule has 1 atom stereocenters. The Kier molecular flexibility index (Phi) is 8.28. The predicted octanol–water partition coefficient (Wildman–Crippen LogP) is 1.64. The second kappa shape index (κ2) is 11.5. The van der Waals surface area contributed by atoms with Crippen molar-refractivity contribution in [3.05, 3.63) is 64.5 Å². The van der Waals surface area contributed by atoms with E-state index in [9.17, 15) is 19.2 Å². The standard InChI is InChI=1S/C24H24N2O9/c1-32-18-7-4-15(9-20(18)33-2)17(11-21(27)25-12-23(29)30)26-22(28)13-34-16-6-3-14-5-8-24(31)35-19(14)10-16/h3-10,17H,11-13H2,1-2H3,(H,25,27)(H,26,28)(H,29,30)/t17-/m1/s1. The Hall–Kier alpha value is -4.54. The van der Waals surface area contributed by atoms with E-state index < -0.39 is 36.0 Å². The molecule has 3 rings (SSSR count). The fourth-order valence-corrected chi connectivity index (χ4v) is 3.27. The summed E-state index contributed by atoms with van der Waals surface area (Å²) in [6.07, 6.45) is -0.227. The summed E-state index contributed by atoms with van der Waals surface area (Å²) in [7, 11) is 2.93. The molecule has 184 valence electrons. The molecule has 3 aromatic rings. The Morgan fingerprint density at radius 3 is 2.43 bits per heavy atom. The summed E-state index contributed by atoms with van der Waals surface area (Å²) in [5, 5.41) is 14.5. The zero-order valence-corrected chi connectivity index (χ0v) is 19.0. The van der Waals surface area contributed by atoms with Crippen LogP contribution in [0, 0.1) is 0 Å². The van der Waals surface area contributed by atoms with Gasteiger partial charge >= 0.3 is 11.6 Å². The number of carbonyl (C=O) groups excluding carboxylic acids is 2. The molecule has 0 fully saturated rings. The number of carboxylic acid groups (broad SMARTS) is 1. The van der Waals surface area contributed by atoms with Crippen LogP contribution in [0.3, 0.4) is 0 Å². The molecule has 0 spiro atoms. The first kappa shape index (κ1) is 25.1. The van der Waals surface area contributed by atoms with Crippen molar-refractivity contribution in [1.82, 2.24) is 10.6 Å². The van der Waals surface area contributed by atoms with Crippen LogP contribution in [0.15, 0.2) is 57.7 Å². The van der Waals surface area contributed by atoms with Gasteiger partial charge in [-0.2, -0.15) is 0 Å². The second-order valence-corrected chi connectivity index (χ2v) is 7.35. The molecule has 11 nitrogen and oxygen atoms in total. The van der Waals surface area contributed by atoms with Gasteiger partial charge in [0.05, 0.1) is 26.7 Å². The maximum atomic E-state index is 12.7. The van der Waals surface area contributed by atoms with Crippen LogP contribution in [0.25, 0.3) is 11.0 Å². The molecule has 11 heteroatoms. The third kappa shape index (κ3) is 6.97. The molecule has 2 aromatic carbocycles. The molecule has 0 saturated carbocycles. The number of hydrogen-bond acceptors (Lipinski definition) is 8. The number of rotatable bonds is 11. The van der Waals surface area contributed by atoms with Crippen molar-refractivity contribution in [3.8, 4) is 17.2 Å². The normalized spacial score (nSPS) is 11.4. The second-order valence-electron chi connectivity index (χ2n) is 7.35. The molecule has 0 aliphatic heterocycles. The largest absolute Gasteiger partial charge is 0.493 e. The van der Waals surface area contributed by atoms with Crippen molar-refractivity contribution >= 4 is 28.8 Å². The smallest absolute Gasteiger partial charge is 0.336 e. The minimum Gasteiger partial charge on any atom is -0.493 e. The Morgan fingerprint density at radius 2 is 1.71 bits per heavy atom. The number of methoxy groups -OCH3 is 2. The molecule has 0 aliphatic rings. The average molecular weight is 484 g/mol. The van der Waals surface area contributed by atoms with E-state index in [0.717, 1.165) is 0 Å². The van der Waals surface area contributed by atoms with Crippen molar-refractivity contribution in [2.75, 3.05) is 27.4 Å². The highest BCUT2D eigenvalue weighted by molar-refractivity contribution is 5.83. The van der Waals surface area contributed by atoms with Gasteiger partial charge in [-0.1, -0.05) is 6.07 Å². The highest BCUT2D eigenvalue weighted by Crippen LogP contribution is 2.31. The van der Waals surface area contributed by atoms with Gasteiger partial charge in [-0.25, -0.2) is 4.79 Å². The monoisotopic (exact) mass is 484 g/mol. The predicted molar refractivity (Wildman–Crippen MR) is 124 cm³/mol. The first-order chi connectivity index (χ1) is 16.8. The number of nitrogens with one attached hydrogen (secondary N) is 2. The van der Waals surface area contributed by atoms with Crippen molar-refractivity contribution in [3.63, 3.8) is 0 Å². The van der Waals surface area contributed by atoms with Crippen LogP contribution in [0.1, 0.15) is 18.0 Å². The summed E-state index contributed by atoms with van der Waals surface area (Å²) in [5.74, 6) is -1.14. The van der Waals surface area contributed by atoms with Crippen LogP contribution < -0.4 is 30.5 Å². The molecule has 1 heterocycles. The lowest BCUT2D eigenvalue weighted by atomic mass is 10.0. The molecule has 0 saturated heterocycles. The van der Waals surface area contributed by atoms with Crippen LogP contribution in [0.2, 0.25) is 0 Å². The van der Waals surface area contributed by atoms with E-state index in [0.29, 0.717) is 33.8 Å². The summed E-state index contributed by atoms with van der Waals surface area (Å²) in [5.41, 5.74) is 0.342. The summed E-state index contributed by atoms with van der Waals surface area (Å²) in [6.45, 7) is -0.935. The maximum absolute atomic E-state index is 12.7. The number of fused-ring (bicyclic) bond motifs is 1. The lowest BCUT2D eigenvalue weighted by molar-refractivity contribution is -0.138. The minimum absolute atomic E-state index is 0.227. The van der Waals surface area contributed by atoms with Crippen molar-refractivity contribution < 1.29 is 38.1 Å². The van der Waals surface area contributed by atoms with Crippen molar-refractivity contribution in [1.29, 1.82) is 0 Å². The van der Waals surface area contributed by atoms with E-state index in [1.165, 1.54) is 26.4 Å². The van der Waals surface area contributed by atoms with Gasteiger partial charge in [0.15, 0.2) is 18.1 Å². The van der Waals surface area contributed by atoms with Gasteiger partial charge in [0.1, 0.15) is 17.9 Å². The number of carbonyl (C=O) groups is 3. The van der Waals surface area contributed by atoms with Gasteiger partial charge in [0.2, 0.25) is 5.91 Å². The van der Waals surface area contributed by atoms with Crippen molar-refractivity contribution in [2.45, 2.75) is 12.5 Å². The molecule has 3 N–H and O–H groups in total. The molecule has 0 unspecified atom stereocenters. The van der Waals surface area contributed by atoms with Crippen LogP contribution in [0.4, 0.5) is 0 Å². The zero-order chi connectivity index (χ0) is 25.4. The van der Waals surface area contributed by atoms with Gasteiger partial charge in [0, 0.05) is 17.5 Å². The molecule has 0 bridgehead atoms. The molecular weight excluding hydrogens is 460 g/mol. The van der Waals surface area contributed by atoms with E-state index in [4.69, 9.17) is 23.7 Å². The van der Waals surface area contributed by atoms with Gasteiger partial charge in [-0.05, 0) is 35.9 Å². The Bertz CT molecular complexity index is 1290. The Balaban J connectivity index is 1.73. The number of carboxylic acids is 1. The fourth-order valence-electron chi connectivity index (χ4n) is 3.27. The molecule has 2 amide bonds. The lowest BCUT2D eigenvalue weighted by Gasteiger charge is -2.20. The molecular formula is C24H24N2O9. The van der Waals surface area contributed by atoms with E-state index in [2.05, 4.69) is 10.6 Å². The molecule has 0 radical (unpaired) electrons. The van der Waals surface area contributed by atoms with Crippen LogP contribution in [0.5, 0.6) is 17.2 Å². The quantitative estimate of drug-likeness (QED) is 0.345. The van der Waals surface area contributed by atoms with E-state index in [1.54, 1.807) is 36.4 Å². The summed E-state index contributed by atoms with van der Waals surface area (Å²) >= 11 is 0. The average Bonchev–Trinajstić information content (AvgIpc) is 2.85. The first-order valence-corrected chi connectivity index (χ1v) is 10.5. The number of amides is 2. The number of aliphatic carboxylic acids is 1.